The fourth-order valence-corrected chi connectivity index (χ4v) is 8.36. The Morgan fingerprint density at radius 2 is 1.72 bits per heavy atom. The molecule has 0 radical (unpaired) electrons. The highest BCUT2D eigenvalue weighted by Gasteiger charge is 2.38. The van der Waals surface area contributed by atoms with Gasteiger partial charge in [0.1, 0.15) is 11.6 Å². The number of benzene rings is 3. The summed E-state index contributed by atoms with van der Waals surface area (Å²) < 4.78 is 54.7. The molecule has 0 spiro atoms. The van der Waals surface area contributed by atoms with Gasteiger partial charge in [0.15, 0.2) is 5.78 Å². The van der Waals surface area contributed by atoms with Crippen LogP contribution in [0.2, 0.25) is 5.02 Å². The minimum absolute atomic E-state index is 0.0614. The van der Waals surface area contributed by atoms with E-state index in [2.05, 4.69) is 10.6 Å². The number of amides is 1. The van der Waals surface area contributed by atoms with Crippen molar-refractivity contribution in [2.75, 3.05) is 27.3 Å². The molecule has 0 unspecified atom stereocenters. The maximum atomic E-state index is 15.5. The quantitative estimate of drug-likeness (QED) is 0.235. The van der Waals surface area contributed by atoms with Gasteiger partial charge in [0.2, 0.25) is 10.0 Å². The summed E-state index contributed by atoms with van der Waals surface area (Å²) in [7, 11) is -1.13. The first-order valence-corrected chi connectivity index (χ1v) is 17.5. The largest absolute Gasteiger partial charge is 0.497 e. The highest BCUT2D eigenvalue weighted by molar-refractivity contribution is 7.89. The molecule has 1 aliphatic rings. The number of sulfonamides is 1. The van der Waals surface area contributed by atoms with Gasteiger partial charge in [-0.15, -0.1) is 0 Å². The van der Waals surface area contributed by atoms with E-state index in [0.29, 0.717) is 41.4 Å². The lowest BCUT2D eigenvalue weighted by molar-refractivity contribution is -0.121. The van der Waals surface area contributed by atoms with Gasteiger partial charge in [0.25, 0.3) is 0 Å². The van der Waals surface area contributed by atoms with E-state index in [-0.39, 0.29) is 35.5 Å². The number of methoxy groups -OCH3 is 2. The fourth-order valence-electron chi connectivity index (χ4n) is 6.39. The zero-order valence-corrected chi connectivity index (χ0v) is 28.9. The van der Waals surface area contributed by atoms with E-state index >= 15 is 4.39 Å². The van der Waals surface area contributed by atoms with Gasteiger partial charge in [-0.2, -0.15) is 4.31 Å². The van der Waals surface area contributed by atoms with Gasteiger partial charge >= 0.3 is 6.09 Å². The van der Waals surface area contributed by atoms with Crippen LogP contribution in [0.3, 0.4) is 0 Å². The Labute approximate surface area is 281 Å². The van der Waals surface area contributed by atoms with Crippen molar-refractivity contribution in [1.82, 2.24) is 14.9 Å². The van der Waals surface area contributed by atoms with E-state index in [4.69, 9.17) is 21.1 Å². The van der Waals surface area contributed by atoms with Gasteiger partial charge in [-0.05, 0) is 84.8 Å². The number of ketones is 1. The summed E-state index contributed by atoms with van der Waals surface area (Å²) in [5.74, 6) is -0.719. The smallest absolute Gasteiger partial charge is 0.407 e. The predicted octanol–water partition coefficient (Wildman–Crippen LogP) is 5.75. The first-order valence-electron chi connectivity index (χ1n) is 15.6. The van der Waals surface area contributed by atoms with Crippen LogP contribution in [0, 0.1) is 11.7 Å². The molecule has 47 heavy (non-hydrogen) atoms. The van der Waals surface area contributed by atoms with E-state index in [0.717, 1.165) is 5.56 Å². The summed E-state index contributed by atoms with van der Waals surface area (Å²) in [6.45, 7) is 6.62. The van der Waals surface area contributed by atoms with Gasteiger partial charge in [-0.25, -0.2) is 17.6 Å². The second-order valence-electron chi connectivity index (χ2n) is 12.2. The first kappa shape index (κ1) is 36.3. The molecular formula is C35H43ClFN3O6S. The van der Waals surface area contributed by atoms with Gasteiger partial charge < -0.3 is 20.1 Å². The number of Topliss-reactive ketones (excluding diaryl/α,β-unsaturated/α-hetero) is 1. The normalized spacial score (nSPS) is 18.4. The van der Waals surface area contributed by atoms with E-state index in [1.54, 1.807) is 36.4 Å². The van der Waals surface area contributed by atoms with Crippen LogP contribution >= 0.6 is 11.6 Å². The van der Waals surface area contributed by atoms with Gasteiger partial charge in [0, 0.05) is 42.5 Å². The number of carbonyl (C=O) groups is 2. The molecule has 0 bridgehead atoms. The van der Waals surface area contributed by atoms with Crippen LogP contribution in [0.25, 0.3) is 0 Å². The van der Waals surface area contributed by atoms with Crippen LogP contribution in [-0.4, -0.2) is 70.0 Å². The molecule has 0 aromatic heterocycles. The van der Waals surface area contributed by atoms with E-state index in [1.165, 1.54) is 36.7 Å². The number of nitrogens with one attached hydrogen (secondary N) is 2. The summed E-state index contributed by atoms with van der Waals surface area (Å²) in [6.07, 6.45) is -0.383. The molecule has 1 saturated heterocycles. The van der Waals surface area contributed by atoms with Gasteiger partial charge in [-0.3, -0.25) is 4.79 Å². The highest BCUT2D eigenvalue weighted by Crippen LogP contribution is 2.32. The number of ether oxygens (including phenoxy) is 2. The Hall–Kier alpha value is -3.51. The molecule has 9 nitrogen and oxygen atoms in total. The van der Waals surface area contributed by atoms with Crippen LogP contribution in [0.4, 0.5) is 9.18 Å². The fraction of sp³-hybridized carbons (Fsp3) is 0.429. The third-order valence-corrected chi connectivity index (χ3v) is 11.0. The van der Waals surface area contributed by atoms with Gasteiger partial charge in [0.05, 0.1) is 25.2 Å². The maximum absolute atomic E-state index is 15.5. The van der Waals surface area contributed by atoms with Crippen LogP contribution in [0.5, 0.6) is 5.75 Å². The zero-order chi connectivity index (χ0) is 34.3. The summed E-state index contributed by atoms with van der Waals surface area (Å²) in [6, 6.07) is 16.2. The highest BCUT2D eigenvalue weighted by atomic mass is 35.5. The molecule has 12 heteroatoms. The van der Waals surface area contributed by atoms with Crippen molar-refractivity contribution in [2.45, 2.75) is 69.0 Å². The number of nitrogens with zero attached hydrogens (tertiary/aromatic N) is 1. The topological polar surface area (TPSA) is 114 Å². The van der Waals surface area contributed by atoms with Crippen molar-refractivity contribution in [3.63, 3.8) is 0 Å². The lowest BCUT2D eigenvalue weighted by atomic mass is 9.79. The van der Waals surface area contributed by atoms with Crippen molar-refractivity contribution in [3.05, 3.63) is 94.3 Å². The Balaban J connectivity index is 1.60. The Kier molecular flexibility index (Phi) is 12.4. The van der Waals surface area contributed by atoms with E-state index in [1.807, 2.05) is 32.9 Å². The number of rotatable bonds is 13. The molecule has 1 fully saturated rings. The molecule has 0 aliphatic carbocycles. The van der Waals surface area contributed by atoms with E-state index < -0.39 is 39.9 Å². The van der Waals surface area contributed by atoms with Crippen molar-refractivity contribution < 1.29 is 31.9 Å². The molecule has 1 aliphatic heterocycles. The molecule has 4 rings (SSSR count). The average molecular weight is 688 g/mol. The summed E-state index contributed by atoms with van der Waals surface area (Å²) in [5.41, 5.74) is 1.63. The number of alkyl carbamates (subject to hydrolysis) is 1. The minimum Gasteiger partial charge on any atom is -0.497 e. The third-order valence-electron chi connectivity index (χ3n) is 8.69. The Bertz CT molecular complexity index is 1640. The number of hydrogen-bond donors (Lipinski definition) is 2. The molecule has 0 saturated carbocycles. The van der Waals surface area contributed by atoms with Gasteiger partial charge in [-0.1, -0.05) is 49.7 Å². The van der Waals surface area contributed by atoms with Crippen LogP contribution in [0.1, 0.15) is 49.8 Å². The Morgan fingerprint density at radius 3 is 2.34 bits per heavy atom. The van der Waals surface area contributed by atoms with Crippen LogP contribution in [0.15, 0.2) is 71.6 Å². The lowest BCUT2D eigenvalue weighted by Gasteiger charge is -2.40. The summed E-state index contributed by atoms with van der Waals surface area (Å²) in [5, 5.41) is 6.57. The number of carbonyl (C=O) groups excluding carboxylic acids is 2. The molecule has 4 atom stereocenters. The second-order valence-corrected chi connectivity index (χ2v) is 14.4. The van der Waals surface area contributed by atoms with E-state index in [9.17, 15) is 18.0 Å². The second kappa shape index (κ2) is 16.1. The molecule has 254 valence electrons. The minimum atomic E-state index is -3.87. The van der Waals surface area contributed by atoms with Crippen molar-refractivity contribution >= 4 is 33.5 Å². The van der Waals surface area contributed by atoms with Crippen LogP contribution in [-0.2, 0) is 32.4 Å². The predicted molar refractivity (Wildman–Crippen MR) is 180 cm³/mol. The Morgan fingerprint density at radius 1 is 1.04 bits per heavy atom. The lowest BCUT2D eigenvalue weighted by Crippen LogP contribution is -2.58. The third kappa shape index (κ3) is 8.70. The zero-order valence-electron chi connectivity index (χ0n) is 27.3. The molecular weight excluding hydrogens is 645 g/mol. The van der Waals surface area contributed by atoms with Crippen molar-refractivity contribution in [2.24, 2.45) is 5.92 Å². The number of piperazine rings is 1. The molecule has 1 amide bonds. The molecule has 2 N–H and O–H groups in total. The monoisotopic (exact) mass is 687 g/mol. The maximum Gasteiger partial charge on any atom is 0.407 e. The van der Waals surface area contributed by atoms with Crippen molar-refractivity contribution in [1.29, 1.82) is 0 Å². The summed E-state index contributed by atoms with van der Waals surface area (Å²) >= 11 is 6.12. The van der Waals surface area contributed by atoms with Crippen molar-refractivity contribution in [3.8, 4) is 5.75 Å². The standard InChI is InChI=1S/C35H43ClFN3O6S/c1-22(2)33(24-9-11-26(36)12-10-24)34(39-35(42)46-5)32(41)19-25-7-6-8-31(37)30(25)18-13-27-21-38-20-23(3)40(27)47(43,44)29-16-14-28(45-4)15-17-29/h6-12,14-17,22-23,27,33-34,38H,13,18-21H2,1-5H3,(H,39,42)/t23-,27-,33+,34+/m0/s1. The molecule has 3 aromatic rings. The SMILES string of the molecule is COC(=O)N[C@H](C(=O)Cc1cccc(F)c1CC[C@H]1CNC[C@H](C)N1S(=O)(=O)c1ccc(OC)cc1)[C@@H](c1ccc(Cl)cc1)C(C)C. The average Bonchev–Trinajstić information content (AvgIpc) is 3.04. The van der Waals surface area contributed by atoms with Crippen LogP contribution < -0.4 is 15.4 Å². The molecule has 1 heterocycles. The number of halogens is 2. The number of hydrogen-bond acceptors (Lipinski definition) is 7. The first-order chi connectivity index (χ1) is 22.4. The summed E-state index contributed by atoms with van der Waals surface area (Å²) in [4.78, 5) is 26.6. The molecule has 3 aromatic carbocycles.